The summed E-state index contributed by atoms with van der Waals surface area (Å²) in [7, 11) is 1.78. The van der Waals surface area contributed by atoms with Crippen LogP contribution in [-0.2, 0) is 29.9 Å². The third kappa shape index (κ3) is 6.26. The fourth-order valence-corrected chi connectivity index (χ4v) is 4.37. The third-order valence-electron chi connectivity index (χ3n) is 6.14. The van der Waals surface area contributed by atoms with Gasteiger partial charge in [-0.25, -0.2) is 9.59 Å². The molecule has 0 aliphatic carbocycles. The Morgan fingerprint density at radius 1 is 0.943 bits per heavy atom. The molecule has 1 atom stereocenters. The molecule has 35 heavy (non-hydrogen) atoms. The minimum Gasteiger partial charge on any atom is -0.507 e. The highest BCUT2D eigenvalue weighted by molar-refractivity contribution is 6.00. The van der Waals surface area contributed by atoms with Crippen molar-refractivity contribution in [3.8, 4) is 5.75 Å². The fourth-order valence-electron chi connectivity index (χ4n) is 4.37. The van der Waals surface area contributed by atoms with E-state index < -0.39 is 17.9 Å². The number of nitrogens with one attached hydrogen (secondary N) is 2. The molecule has 1 aliphatic rings. The number of dihydropyridines is 1. The highest BCUT2D eigenvalue weighted by atomic mass is 16.5. The van der Waals surface area contributed by atoms with Crippen molar-refractivity contribution in [2.45, 2.75) is 79.1 Å². The van der Waals surface area contributed by atoms with Gasteiger partial charge in [0.1, 0.15) is 12.4 Å². The first-order valence-corrected chi connectivity index (χ1v) is 12.2. The third-order valence-corrected chi connectivity index (χ3v) is 6.14. The van der Waals surface area contributed by atoms with Crippen molar-refractivity contribution < 1.29 is 24.2 Å². The first kappa shape index (κ1) is 28.4. The molecule has 7 heteroatoms. The lowest BCUT2D eigenvalue weighted by atomic mass is 9.73. The van der Waals surface area contributed by atoms with E-state index in [0.29, 0.717) is 29.1 Å². The molecule has 2 rings (SSSR count). The quantitative estimate of drug-likeness (QED) is 0.384. The maximum atomic E-state index is 13.4. The molecule has 0 spiro atoms. The van der Waals surface area contributed by atoms with Gasteiger partial charge < -0.3 is 25.2 Å². The molecule has 7 nitrogen and oxygen atoms in total. The number of esters is 2. The van der Waals surface area contributed by atoms with Crippen molar-refractivity contribution in [2.75, 3.05) is 26.8 Å². The monoisotopic (exact) mass is 486 g/mol. The van der Waals surface area contributed by atoms with Gasteiger partial charge in [0.05, 0.1) is 23.7 Å². The van der Waals surface area contributed by atoms with Gasteiger partial charge >= 0.3 is 11.9 Å². The molecule has 0 saturated carbocycles. The smallest absolute Gasteiger partial charge is 0.336 e. The van der Waals surface area contributed by atoms with Gasteiger partial charge in [-0.15, -0.1) is 0 Å². The Bertz CT molecular complexity index is 1000. The highest BCUT2D eigenvalue weighted by Crippen LogP contribution is 2.45. The van der Waals surface area contributed by atoms with Gasteiger partial charge in [-0.05, 0) is 55.3 Å². The number of phenols is 1. The summed E-state index contributed by atoms with van der Waals surface area (Å²) in [6.07, 6.45) is 0. The van der Waals surface area contributed by atoms with Crippen LogP contribution < -0.4 is 10.6 Å². The van der Waals surface area contributed by atoms with Crippen LogP contribution in [0.3, 0.4) is 0 Å². The molecule has 0 bridgehead atoms. The number of allylic oxidation sites excluding steroid dienone is 2. The molecule has 194 valence electrons. The van der Waals surface area contributed by atoms with E-state index in [1.165, 1.54) is 0 Å². The van der Waals surface area contributed by atoms with Crippen LogP contribution in [0, 0.1) is 0 Å². The number of benzene rings is 1. The number of ether oxygens (including phenoxy) is 2. The van der Waals surface area contributed by atoms with E-state index in [1.54, 1.807) is 14.0 Å². The highest BCUT2D eigenvalue weighted by Gasteiger charge is 2.39. The summed E-state index contributed by atoms with van der Waals surface area (Å²) >= 11 is 0. The molecule has 0 radical (unpaired) electrons. The van der Waals surface area contributed by atoms with Gasteiger partial charge in [0.25, 0.3) is 0 Å². The normalized spacial score (nSPS) is 16.8. The van der Waals surface area contributed by atoms with E-state index >= 15 is 0 Å². The minimum atomic E-state index is -0.708. The molecule has 1 heterocycles. The number of carbonyl (C=O) groups is 2. The number of aromatic hydroxyl groups is 1. The maximum absolute atomic E-state index is 13.4. The van der Waals surface area contributed by atoms with Crippen molar-refractivity contribution in [1.82, 2.24) is 10.6 Å². The lowest BCUT2D eigenvalue weighted by molar-refractivity contribution is -0.139. The summed E-state index contributed by atoms with van der Waals surface area (Å²) in [6, 6.07) is 3.81. The van der Waals surface area contributed by atoms with E-state index in [1.807, 2.05) is 67.5 Å². The van der Waals surface area contributed by atoms with Crippen molar-refractivity contribution in [1.29, 1.82) is 0 Å². The Balaban J connectivity index is 2.87. The minimum absolute atomic E-state index is 0.201. The molecule has 0 fully saturated rings. The van der Waals surface area contributed by atoms with E-state index in [4.69, 9.17) is 9.47 Å². The SMILES string of the molecule is CCOC(=O)C1=C(C)NC(C)=C(C(=O)OCCNC)C1c1cc(C(C)(C)C)c(O)c(C(C)(C)C)c1. The average Bonchev–Trinajstić information content (AvgIpc) is 2.71. The van der Waals surface area contributed by atoms with Crippen LogP contribution in [-0.4, -0.2) is 43.9 Å². The van der Waals surface area contributed by atoms with E-state index in [0.717, 1.165) is 16.7 Å². The van der Waals surface area contributed by atoms with Crippen LogP contribution in [0.25, 0.3) is 0 Å². The second-order valence-electron chi connectivity index (χ2n) is 11.1. The predicted octanol–water partition coefficient (Wildman–Crippen LogP) is 4.55. The Labute approximate surface area is 210 Å². The molecule has 1 unspecified atom stereocenters. The lowest BCUT2D eigenvalue weighted by Gasteiger charge is -2.33. The molecule has 1 aromatic rings. The van der Waals surface area contributed by atoms with Gasteiger partial charge in [-0.3, -0.25) is 0 Å². The summed E-state index contributed by atoms with van der Waals surface area (Å²) in [5.41, 5.74) is 3.47. The molecule has 0 amide bonds. The number of rotatable bonds is 7. The zero-order chi connectivity index (χ0) is 26.7. The predicted molar refractivity (Wildman–Crippen MR) is 138 cm³/mol. The van der Waals surface area contributed by atoms with E-state index in [9.17, 15) is 14.7 Å². The van der Waals surface area contributed by atoms with Crippen LogP contribution in [0.2, 0.25) is 0 Å². The zero-order valence-electron chi connectivity index (χ0n) is 22.9. The van der Waals surface area contributed by atoms with Gasteiger partial charge in [-0.1, -0.05) is 53.7 Å². The Morgan fingerprint density at radius 2 is 1.40 bits per heavy atom. The Morgan fingerprint density at radius 3 is 1.80 bits per heavy atom. The van der Waals surface area contributed by atoms with Crippen molar-refractivity contribution >= 4 is 11.9 Å². The van der Waals surface area contributed by atoms with Gasteiger partial charge in [0, 0.05) is 17.9 Å². The first-order valence-electron chi connectivity index (χ1n) is 12.2. The second kappa shape index (κ2) is 10.9. The maximum Gasteiger partial charge on any atom is 0.336 e. The number of phenolic OH excluding ortho intramolecular Hbond substituents is 1. The van der Waals surface area contributed by atoms with Gasteiger partial charge in [-0.2, -0.15) is 0 Å². The van der Waals surface area contributed by atoms with Crippen LogP contribution >= 0.6 is 0 Å². The topological polar surface area (TPSA) is 96.9 Å². The summed E-state index contributed by atoms with van der Waals surface area (Å²) in [5.74, 6) is -1.45. The van der Waals surface area contributed by atoms with Crippen LogP contribution in [0.5, 0.6) is 5.75 Å². The Hall–Kier alpha value is -2.80. The van der Waals surface area contributed by atoms with Crippen LogP contribution in [0.4, 0.5) is 0 Å². The van der Waals surface area contributed by atoms with E-state index in [2.05, 4.69) is 10.6 Å². The van der Waals surface area contributed by atoms with Crippen molar-refractivity contribution in [3.63, 3.8) is 0 Å². The fraction of sp³-hybridized carbons (Fsp3) is 0.571. The Kier molecular flexibility index (Phi) is 8.82. The van der Waals surface area contributed by atoms with Crippen LogP contribution in [0.15, 0.2) is 34.7 Å². The summed E-state index contributed by atoms with van der Waals surface area (Å²) in [6.45, 7) is 18.5. The lowest BCUT2D eigenvalue weighted by Crippen LogP contribution is -2.33. The average molecular weight is 487 g/mol. The number of hydrogen-bond acceptors (Lipinski definition) is 7. The number of carbonyl (C=O) groups excluding carboxylic acids is 2. The standard InChI is InChI=1S/C28H42N2O5/c1-11-34-25(32)21-16(2)30-17(3)22(26(33)35-13-12-29-10)23(21)18-14-19(27(4,5)6)24(31)20(15-18)28(7,8)9/h14-15,23,29-31H,11-13H2,1-10H3. The van der Waals surface area contributed by atoms with Gasteiger partial charge in [0.15, 0.2) is 0 Å². The van der Waals surface area contributed by atoms with Crippen molar-refractivity contribution in [2.24, 2.45) is 0 Å². The van der Waals surface area contributed by atoms with Gasteiger partial charge in [0.2, 0.25) is 0 Å². The molecule has 0 aromatic heterocycles. The second-order valence-corrected chi connectivity index (χ2v) is 11.1. The largest absolute Gasteiger partial charge is 0.507 e. The summed E-state index contributed by atoms with van der Waals surface area (Å²) in [5, 5.41) is 17.4. The number of hydrogen-bond donors (Lipinski definition) is 3. The molecular formula is C28H42N2O5. The zero-order valence-corrected chi connectivity index (χ0v) is 22.9. The molecule has 1 aromatic carbocycles. The first-order chi connectivity index (χ1) is 16.1. The summed E-state index contributed by atoms with van der Waals surface area (Å²) in [4.78, 5) is 26.6. The van der Waals surface area contributed by atoms with Crippen molar-refractivity contribution in [3.05, 3.63) is 51.4 Å². The molecule has 3 N–H and O–H groups in total. The van der Waals surface area contributed by atoms with Crippen LogP contribution in [0.1, 0.15) is 84.9 Å². The summed E-state index contributed by atoms with van der Waals surface area (Å²) < 4.78 is 11.0. The molecular weight excluding hydrogens is 444 g/mol. The van der Waals surface area contributed by atoms with E-state index in [-0.39, 0.29) is 29.8 Å². The number of likely N-dealkylation sites (N-methyl/N-ethyl adjacent to an activating group) is 1. The molecule has 0 saturated heterocycles. The molecule has 1 aliphatic heterocycles.